The fourth-order valence-corrected chi connectivity index (χ4v) is 2.47. The van der Waals surface area contributed by atoms with Gasteiger partial charge in [-0.25, -0.2) is 0 Å². The number of nitrogens with one attached hydrogen (secondary N) is 2. The maximum absolute atomic E-state index is 12.0. The van der Waals surface area contributed by atoms with Crippen LogP contribution in [0, 0.1) is 0 Å². The van der Waals surface area contributed by atoms with Crippen molar-refractivity contribution in [1.29, 1.82) is 0 Å². The van der Waals surface area contributed by atoms with E-state index in [1.165, 1.54) is 0 Å². The number of ether oxygens (including phenoxy) is 2. The molecule has 3 rings (SSSR count). The highest BCUT2D eigenvalue weighted by molar-refractivity contribution is 5.85. The number of hydrazine groups is 1. The van der Waals surface area contributed by atoms with E-state index in [2.05, 4.69) is 10.9 Å². The Labute approximate surface area is 150 Å². The van der Waals surface area contributed by atoms with Crippen molar-refractivity contribution in [2.45, 2.75) is 6.54 Å². The normalized spacial score (nSPS) is 10.3. The van der Waals surface area contributed by atoms with Crippen LogP contribution in [0.5, 0.6) is 11.5 Å². The van der Waals surface area contributed by atoms with Crippen LogP contribution in [0.3, 0.4) is 0 Å². The average molecular weight is 353 g/mol. The molecule has 0 atom stereocenters. The molecule has 2 aromatic carbocycles. The maximum Gasteiger partial charge on any atom is 0.276 e. The topological polar surface area (TPSA) is 81.6 Å². The van der Waals surface area contributed by atoms with Gasteiger partial charge in [-0.05, 0) is 41.8 Å². The first-order valence-electron chi connectivity index (χ1n) is 8.04. The van der Waals surface area contributed by atoms with Crippen molar-refractivity contribution < 1.29 is 19.1 Å². The van der Waals surface area contributed by atoms with Gasteiger partial charge in [-0.3, -0.25) is 20.4 Å². The first kappa shape index (κ1) is 17.3. The second-order valence-corrected chi connectivity index (χ2v) is 5.56. The molecule has 0 spiro atoms. The highest BCUT2D eigenvalue weighted by Gasteiger charge is 2.08. The zero-order chi connectivity index (χ0) is 18.4. The van der Waals surface area contributed by atoms with Crippen LogP contribution in [0.1, 0.15) is 0 Å². The Morgan fingerprint density at radius 2 is 1.62 bits per heavy atom. The molecule has 0 fully saturated rings. The van der Waals surface area contributed by atoms with Crippen molar-refractivity contribution in [1.82, 2.24) is 15.4 Å². The van der Waals surface area contributed by atoms with E-state index < -0.39 is 5.91 Å². The van der Waals surface area contributed by atoms with Gasteiger partial charge in [-0.1, -0.05) is 18.2 Å². The number of carbonyl (C=O) groups excluding carboxylic acids is 2. The van der Waals surface area contributed by atoms with E-state index in [0.717, 1.165) is 10.9 Å². The Morgan fingerprint density at radius 1 is 0.923 bits per heavy atom. The van der Waals surface area contributed by atoms with Crippen LogP contribution >= 0.6 is 0 Å². The summed E-state index contributed by atoms with van der Waals surface area (Å²) in [4.78, 5) is 23.8. The average Bonchev–Trinajstić information content (AvgIpc) is 3.08. The first-order chi connectivity index (χ1) is 12.7. The molecule has 1 aromatic heterocycles. The van der Waals surface area contributed by atoms with Crippen LogP contribution in [0.2, 0.25) is 0 Å². The fraction of sp³-hybridized carbons (Fsp3) is 0.158. The number of rotatable bonds is 6. The second-order valence-electron chi connectivity index (χ2n) is 5.56. The minimum Gasteiger partial charge on any atom is -0.497 e. The molecule has 0 aliphatic rings. The van der Waals surface area contributed by atoms with Gasteiger partial charge in [-0.2, -0.15) is 0 Å². The summed E-state index contributed by atoms with van der Waals surface area (Å²) in [6.07, 6.45) is 1.83. The van der Waals surface area contributed by atoms with Crippen molar-refractivity contribution in [3.05, 3.63) is 60.8 Å². The second kappa shape index (κ2) is 8.06. The standard InChI is InChI=1S/C19H19N3O4/c1-25-15-6-8-16(9-7-15)26-13-19(24)21-20-18(23)12-22-11-10-14-4-2-3-5-17(14)22/h2-11H,12-13H2,1H3,(H,20,23)(H,21,24). The number of amides is 2. The molecule has 3 aromatic rings. The molecule has 2 N–H and O–H groups in total. The molecule has 0 radical (unpaired) electrons. The summed E-state index contributed by atoms with van der Waals surface area (Å²) in [6, 6.07) is 16.6. The summed E-state index contributed by atoms with van der Waals surface area (Å²) in [5.74, 6) is 0.452. The van der Waals surface area contributed by atoms with Crippen LogP contribution in [0.25, 0.3) is 10.9 Å². The molecule has 0 saturated carbocycles. The molecule has 2 amide bonds. The van der Waals surface area contributed by atoms with Gasteiger partial charge in [0.2, 0.25) is 0 Å². The number of hydrogen-bond acceptors (Lipinski definition) is 4. The number of hydrogen-bond donors (Lipinski definition) is 2. The number of carbonyl (C=O) groups is 2. The molecule has 7 nitrogen and oxygen atoms in total. The molecule has 0 bridgehead atoms. The molecule has 0 aliphatic heterocycles. The van der Waals surface area contributed by atoms with E-state index in [1.54, 1.807) is 31.4 Å². The van der Waals surface area contributed by atoms with Crippen molar-refractivity contribution in [3.63, 3.8) is 0 Å². The minimum absolute atomic E-state index is 0.104. The van der Waals surface area contributed by atoms with Gasteiger partial charge in [0.15, 0.2) is 6.61 Å². The highest BCUT2D eigenvalue weighted by atomic mass is 16.5. The lowest BCUT2D eigenvalue weighted by atomic mass is 10.2. The largest absolute Gasteiger partial charge is 0.497 e. The quantitative estimate of drug-likeness (QED) is 0.663. The third-order valence-corrected chi connectivity index (χ3v) is 3.76. The Kier molecular flexibility index (Phi) is 5.38. The highest BCUT2D eigenvalue weighted by Crippen LogP contribution is 2.17. The number of nitrogens with zero attached hydrogens (tertiary/aromatic N) is 1. The molecule has 134 valence electrons. The predicted octanol–water partition coefficient (Wildman–Crippen LogP) is 1.88. The summed E-state index contributed by atoms with van der Waals surface area (Å²) < 4.78 is 12.2. The number of fused-ring (bicyclic) bond motifs is 1. The van der Waals surface area contributed by atoms with E-state index in [1.807, 2.05) is 41.1 Å². The van der Waals surface area contributed by atoms with Crippen molar-refractivity contribution >= 4 is 22.7 Å². The van der Waals surface area contributed by atoms with Gasteiger partial charge in [0.25, 0.3) is 11.8 Å². The van der Waals surface area contributed by atoms with E-state index in [0.29, 0.717) is 11.5 Å². The number of benzene rings is 2. The SMILES string of the molecule is COc1ccc(OCC(=O)NNC(=O)Cn2ccc3ccccc32)cc1. The predicted molar refractivity (Wildman–Crippen MR) is 96.7 cm³/mol. The Morgan fingerprint density at radius 3 is 2.38 bits per heavy atom. The summed E-state index contributed by atoms with van der Waals surface area (Å²) >= 11 is 0. The van der Waals surface area contributed by atoms with E-state index in [4.69, 9.17) is 9.47 Å². The monoisotopic (exact) mass is 353 g/mol. The van der Waals surface area contributed by atoms with Crippen LogP contribution in [0.4, 0.5) is 0 Å². The van der Waals surface area contributed by atoms with E-state index in [9.17, 15) is 9.59 Å². The Bertz CT molecular complexity index is 903. The molecule has 0 aliphatic carbocycles. The van der Waals surface area contributed by atoms with Crippen molar-refractivity contribution in [2.24, 2.45) is 0 Å². The zero-order valence-corrected chi connectivity index (χ0v) is 14.3. The van der Waals surface area contributed by atoms with Crippen LogP contribution in [-0.2, 0) is 16.1 Å². The van der Waals surface area contributed by atoms with Crippen LogP contribution in [0.15, 0.2) is 60.8 Å². The fourth-order valence-electron chi connectivity index (χ4n) is 2.47. The van der Waals surface area contributed by atoms with Crippen LogP contribution in [-0.4, -0.2) is 30.1 Å². The van der Waals surface area contributed by atoms with Gasteiger partial charge in [0, 0.05) is 11.7 Å². The molecule has 0 saturated heterocycles. The zero-order valence-electron chi connectivity index (χ0n) is 14.3. The van der Waals surface area contributed by atoms with Crippen LogP contribution < -0.4 is 20.3 Å². The van der Waals surface area contributed by atoms with Gasteiger partial charge >= 0.3 is 0 Å². The summed E-state index contributed by atoms with van der Waals surface area (Å²) in [5, 5.41) is 1.05. The smallest absolute Gasteiger partial charge is 0.276 e. The number of para-hydroxylation sites is 1. The third-order valence-electron chi connectivity index (χ3n) is 3.76. The van der Waals surface area contributed by atoms with Crippen molar-refractivity contribution in [2.75, 3.05) is 13.7 Å². The van der Waals surface area contributed by atoms with E-state index in [-0.39, 0.29) is 19.1 Å². The molecular formula is C19H19N3O4. The summed E-state index contributed by atoms with van der Waals surface area (Å²) in [7, 11) is 1.57. The molecular weight excluding hydrogens is 334 g/mol. The third kappa shape index (κ3) is 4.32. The molecule has 26 heavy (non-hydrogen) atoms. The Balaban J connectivity index is 1.44. The first-order valence-corrected chi connectivity index (χ1v) is 8.04. The van der Waals surface area contributed by atoms with Gasteiger partial charge < -0.3 is 14.0 Å². The number of methoxy groups -OCH3 is 1. The molecule has 0 unspecified atom stereocenters. The minimum atomic E-state index is -0.452. The van der Waals surface area contributed by atoms with Gasteiger partial charge in [-0.15, -0.1) is 0 Å². The van der Waals surface area contributed by atoms with Gasteiger partial charge in [0.05, 0.1) is 7.11 Å². The Hall–Kier alpha value is -3.48. The number of aromatic nitrogens is 1. The summed E-state index contributed by atoms with van der Waals surface area (Å²) in [5.41, 5.74) is 5.67. The van der Waals surface area contributed by atoms with Crippen molar-refractivity contribution in [3.8, 4) is 11.5 Å². The lowest BCUT2D eigenvalue weighted by molar-refractivity contribution is -0.130. The van der Waals surface area contributed by atoms with Gasteiger partial charge in [0.1, 0.15) is 18.0 Å². The lowest BCUT2D eigenvalue weighted by Gasteiger charge is -2.10. The lowest BCUT2D eigenvalue weighted by Crippen LogP contribution is -2.45. The molecule has 1 heterocycles. The van der Waals surface area contributed by atoms with E-state index >= 15 is 0 Å². The summed E-state index contributed by atoms with van der Waals surface area (Å²) in [6.45, 7) is -0.105. The molecule has 7 heteroatoms. The maximum atomic E-state index is 12.0.